The Hall–Kier alpha value is -0.230. The van der Waals surface area contributed by atoms with Gasteiger partial charge in [-0.25, -0.2) is 0 Å². The second-order valence-electron chi connectivity index (χ2n) is 3.64. The summed E-state index contributed by atoms with van der Waals surface area (Å²) in [5.41, 5.74) is 2.43. The lowest BCUT2D eigenvalue weighted by molar-refractivity contribution is 0.673. The van der Waals surface area contributed by atoms with E-state index in [1.165, 1.54) is 5.56 Å². The van der Waals surface area contributed by atoms with E-state index in [-0.39, 0.29) is 0 Å². The van der Waals surface area contributed by atoms with Crippen LogP contribution in [0.25, 0.3) is 0 Å². The van der Waals surface area contributed by atoms with Crippen LogP contribution < -0.4 is 5.32 Å². The van der Waals surface area contributed by atoms with Gasteiger partial charge in [0.15, 0.2) is 0 Å². The highest BCUT2D eigenvalue weighted by molar-refractivity contribution is 9.11. The minimum atomic E-state index is 0.790. The van der Waals surface area contributed by atoms with Crippen molar-refractivity contribution in [2.45, 2.75) is 13.0 Å². The highest BCUT2D eigenvalue weighted by Crippen LogP contribution is 2.19. The molecule has 0 fully saturated rings. The average molecular weight is 376 g/mol. The van der Waals surface area contributed by atoms with E-state index in [0.29, 0.717) is 0 Å². The highest BCUT2D eigenvalue weighted by atomic mass is 79.9. The molecular formula is C12H12Br2N2S. The molecule has 0 atom stereocenters. The molecule has 5 heteroatoms. The van der Waals surface area contributed by atoms with Gasteiger partial charge in [0.25, 0.3) is 0 Å². The van der Waals surface area contributed by atoms with E-state index in [2.05, 4.69) is 59.0 Å². The summed E-state index contributed by atoms with van der Waals surface area (Å²) < 4.78 is 2.03. The number of aromatic nitrogens is 1. The third-order valence-electron chi connectivity index (χ3n) is 2.35. The zero-order valence-electron chi connectivity index (χ0n) is 9.12. The van der Waals surface area contributed by atoms with Crippen LogP contribution in [-0.2, 0) is 13.0 Å². The van der Waals surface area contributed by atoms with Crippen molar-refractivity contribution in [1.82, 2.24) is 10.3 Å². The SMILES string of the molecule is Brc1cnc(CNCCc2ccsc2)c(Br)c1. The Kier molecular flexibility index (Phi) is 5.16. The number of thiophene rings is 1. The topological polar surface area (TPSA) is 24.9 Å². The van der Waals surface area contributed by atoms with Crippen molar-refractivity contribution in [3.63, 3.8) is 0 Å². The maximum Gasteiger partial charge on any atom is 0.0684 e. The number of pyridine rings is 1. The molecule has 0 saturated carbocycles. The van der Waals surface area contributed by atoms with E-state index in [1.54, 1.807) is 11.3 Å². The zero-order valence-corrected chi connectivity index (χ0v) is 13.1. The van der Waals surface area contributed by atoms with Crippen LogP contribution >= 0.6 is 43.2 Å². The summed E-state index contributed by atoms with van der Waals surface area (Å²) in [6.07, 6.45) is 2.89. The summed E-state index contributed by atoms with van der Waals surface area (Å²) in [5.74, 6) is 0. The molecule has 2 aromatic rings. The molecule has 0 aliphatic rings. The van der Waals surface area contributed by atoms with E-state index in [0.717, 1.165) is 34.1 Å². The lowest BCUT2D eigenvalue weighted by Gasteiger charge is -2.05. The second-order valence-corrected chi connectivity index (χ2v) is 6.19. The lowest BCUT2D eigenvalue weighted by Crippen LogP contribution is -2.17. The molecule has 0 saturated heterocycles. The van der Waals surface area contributed by atoms with Gasteiger partial charge >= 0.3 is 0 Å². The highest BCUT2D eigenvalue weighted by Gasteiger charge is 2.01. The molecule has 2 heterocycles. The van der Waals surface area contributed by atoms with E-state index < -0.39 is 0 Å². The first-order chi connectivity index (χ1) is 8.25. The normalized spacial score (nSPS) is 10.7. The maximum atomic E-state index is 4.36. The summed E-state index contributed by atoms with van der Waals surface area (Å²) in [6, 6.07) is 4.18. The standard InChI is InChI=1S/C12H12Br2N2S/c13-10-5-11(14)12(16-6-10)7-15-3-1-9-2-4-17-8-9/h2,4-6,8,15H,1,3,7H2. The lowest BCUT2D eigenvalue weighted by atomic mass is 10.2. The largest absolute Gasteiger partial charge is 0.311 e. The monoisotopic (exact) mass is 374 g/mol. The molecule has 0 bridgehead atoms. The fourth-order valence-electron chi connectivity index (χ4n) is 1.45. The van der Waals surface area contributed by atoms with E-state index >= 15 is 0 Å². The Labute approximate surface area is 122 Å². The van der Waals surface area contributed by atoms with Crippen molar-refractivity contribution in [1.29, 1.82) is 0 Å². The number of hydrogen-bond donors (Lipinski definition) is 1. The predicted octanol–water partition coefficient (Wildman–Crippen LogP) is 4.00. The minimum absolute atomic E-state index is 0.790. The van der Waals surface area contributed by atoms with E-state index in [4.69, 9.17) is 0 Å². The number of halogens is 2. The Balaban J connectivity index is 1.78. The molecule has 0 unspecified atom stereocenters. The van der Waals surface area contributed by atoms with Crippen LogP contribution in [0.1, 0.15) is 11.3 Å². The van der Waals surface area contributed by atoms with Gasteiger partial charge < -0.3 is 5.32 Å². The van der Waals surface area contributed by atoms with Gasteiger partial charge in [0.1, 0.15) is 0 Å². The molecule has 2 rings (SSSR count). The molecule has 0 aliphatic heterocycles. The molecule has 2 nitrogen and oxygen atoms in total. The average Bonchev–Trinajstić information content (AvgIpc) is 2.79. The van der Waals surface area contributed by atoms with Crippen LogP contribution in [0, 0.1) is 0 Å². The Bertz CT molecular complexity index is 471. The van der Waals surface area contributed by atoms with E-state index in [9.17, 15) is 0 Å². The fraction of sp³-hybridized carbons (Fsp3) is 0.250. The maximum absolute atomic E-state index is 4.36. The summed E-state index contributed by atoms with van der Waals surface area (Å²) >= 11 is 8.64. The minimum Gasteiger partial charge on any atom is -0.311 e. The van der Waals surface area contributed by atoms with Gasteiger partial charge in [-0.15, -0.1) is 0 Å². The van der Waals surface area contributed by atoms with Gasteiger partial charge in [-0.1, -0.05) is 0 Å². The van der Waals surface area contributed by atoms with Gasteiger partial charge in [-0.2, -0.15) is 11.3 Å². The molecule has 0 amide bonds. The molecule has 0 aromatic carbocycles. The Morgan fingerprint density at radius 1 is 1.35 bits per heavy atom. The van der Waals surface area contributed by atoms with Crippen LogP contribution in [0.15, 0.2) is 38.0 Å². The number of hydrogen-bond acceptors (Lipinski definition) is 3. The molecule has 0 radical (unpaired) electrons. The van der Waals surface area contributed by atoms with Gasteiger partial charge in [-0.05, 0) is 73.3 Å². The Morgan fingerprint density at radius 2 is 2.24 bits per heavy atom. The first kappa shape index (κ1) is 13.2. The van der Waals surface area contributed by atoms with Gasteiger partial charge in [-0.3, -0.25) is 4.98 Å². The first-order valence-corrected chi connectivity index (χ1v) is 7.80. The number of nitrogens with zero attached hydrogens (tertiary/aromatic N) is 1. The summed E-state index contributed by atoms with van der Waals surface area (Å²) in [7, 11) is 0. The van der Waals surface area contributed by atoms with Crippen molar-refractivity contribution < 1.29 is 0 Å². The quantitative estimate of drug-likeness (QED) is 0.799. The molecular weight excluding hydrogens is 364 g/mol. The van der Waals surface area contributed by atoms with Crippen LogP contribution in [0.2, 0.25) is 0 Å². The van der Waals surface area contributed by atoms with Gasteiger partial charge in [0, 0.05) is 21.7 Å². The molecule has 90 valence electrons. The number of nitrogens with one attached hydrogen (secondary N) is 1. The van der Waals surface area contributed by atoms with Crippen molar-refractivity contribution >= 4 is 43.2 Å². The third-order valence-corrected chi connectivity index (χ3v) is 4.20. The van der Waals surface area contributed by atoms with Crippen molar-refractivity contribution in [3.8, 4) is 0 Å². The second kappa shape index (κ2) is 6.64. The number of rotatable bonds is 5. The Morgan fingerprint density at radius 3 is 2.94 bits per heavy atom. The van der Waals surface area contributed by atoms with E-state index in [1.807, 2.05) is 12.3 Å². The molecule has 0 aliphatic carbocycles. The van der Waals surface area contributed by atoms with Crippen LogP contribution in [-0.4, -0.2) is 11.5 Å². The van der Waals surface area contributed by atoms with Crippen LogP contribution in [0.3, 0.4) is 0 Å². The zero-order chi connectivity index (χ0) is 12.1. The van der Waals surface area contributed by atoms with Crippen LogP contribution in [0.4, 0.5) is 0 Å². The molecule has 1 N–H and O–H groups in total. The van der Waals surface area contributed by atoms with Gasteiger partial charge in [0.05, 0.1) is 5.69 Å². The first-order valence-electron chi connectivity index (χ1n) is 5.27. The molecule has 0 spiro atoms. The summed E-state index contributed by atoms with van der Waals surface area (Å²) in [4.78, 5) is 4.36. The van der Waals surface area contributed by atoms with Crippen molar-refractivity contribution in [3.05, 3.63) is 49.3 Å². The van der Waals surface area contributed by atoms with Crippen molar-refractivity contribution in [2.75, 3.05) is 6.54 Å². The third kappa shape index (κ3) is 4.17. The predicted molar refractivity (Wildman–Crippen MR) is 79.4 cm³/mol. The molecule has 17 heavy (non-hydrogen) atoms. The van der Waals surface area contributed by atoms with Gasteiger partial charge in [0.2, 0.25) is 0 Å². The van der Waals surface area contributed by atoms with Crippen LogP contribution in [0.5, 0.6) is 0 Å². The summed E-state index contributed by atoms with van der Waals surface area (Å²) in [5, 5.41) is 7.70. The fourth-order valence-corrected chi connectivity index (χ4v) is 3.28. The van der Waals surface area contributed by atoms with Crippen molar-refractivity contribution in [2.24, 2.45) is 0 Å². The summed E-state index contributed by atoms with van der Waals surface area (Å²) in [6.45, 7) is 1.76. The molecule has 2 aromatic heterocycles. The smallest absolute Gasteiger partial charge is 0.0684 e.